The van der Waals surface area contributed by atoms with Crippen LogP contribution in [0.5, 0.6) is 0 Å². The Kier molecular flexibility index (Phi) is 23.1. The number of fused-ring (bicyclic) bond motifs is 1. The largest absolute Gasteiger partial charge is 0.480 e. The van der Waals surface area contributed by atoms with E-state index < -0.39 is 41.6 Å². The number of hydrogen-bond acceptors (Lipinski definition) is 11. The van der Waals surface area contributed by atoms with Crippen LogP contribution >= 0.6 is 0 Å². The number of carboxylic acids is 2. The minimum atomic E-state index is -1.02. The number of carbonyl (C=O) groups is 5. The second-order valence-corrected chi connectivity index (χ2v) is 19.5. The smallest absolute Gasteiger partial charge is 0.326 e. The molecule has 0 saturated carbocycles. The number of aliphatic carboxylic acids is 2. The van der Waals surface area contributed by atoms with Crippen molar-refractivity contribution in [3.63, 3.8) is 0 Å². The number of rotatable bonds is 18. The Morgan fingerprint density at radius 2 is 1.74 bits per heavy atom. The van der Waals surface area contributed by atoms with E-state index in [1.165, 1.54) is 15.4 Å². The number of cyclic esters (lactones) is 1. The highest BCUT2D eigenvalue weighted by Crippen LogP contribution is 2.45. The van der Waals surface area contributed by atoms with Crippen LogP contribution in [0.25, 0.3) is 0 Å². The van der Waals surface area contributed by atoms with Gasteiger partial charge < -0.3 is 51.8 Å². The van der Waals surface area contributed by atoms with E-state index in [9.17, 15) is 39.3 Å². The van der Waals surface area contributed by atoms with Gasteiger partial charge in [-0.1, -0.05) is 75.8 Å². The van der Waals surface area contributed by atoms with Crippen molar-refractivity contribution in [3.8, 4) is 0 Å². The van der Waals surface area contributed by atoms with Crippen molar-refractivity contribution in [1.82, 2.24) is 15.1 Å². The first-order valence-electron chi connectivity index (χ1n) is 24.2. The summed E-state index contributed by atoms with van der Waals surface area (Å²) in [4.78, 5) is 67.2. The van der Waals surface area contributed by atoms with Gasteiger partial charge in [0.05, 0.1) is 24.0 Å². The number of aliphatic hydroxyl groups excluding tert-OH is 1. The summed E-state index contributed by atoms with van der Waals surface area (Å²) in [6.45, 7) is 11.2. The SMILES string of the molecule is CCC(C)(C)C(=O)O[C@H]1C[C@@H](C)C=C2C=C[C@H](C)[C@H](CC[C@@H]3C[C@@H](O)CC(=O)O3)[C@H]21.CN(C)C(=N)N=C(N)N.NCCCC[C@H](N[C@@H](CCc1ccccc1)C(=O)O)C(=O)N1CCC[C@H]1C(=O)O. The van der Waals surface area contributed by atoms with Crippen molar-refractivity contribution < 1.29 is 48.8 Å². The number of aryl methyl sites for hydroxylation is 1. The number of likely N-dealkylation sites (tertiary alicyclic amines) is 1. The lowest BCUT2D eigenvalue weighted by Gasteiger charge is -2.44. The van der Waals surface area contributed by atoms with E-state index in [-0.39, 0.29) is 54.3 Å². The molecule has 1 amide bonds. The Hall–Kier alpha value is -5.33. The van der Waals surface area contributed by atoms with Crippen LogP contribution in [0.1, 0.15) is 117 Å². The summed E-state index contributed by atoms with van der Waals surface area (Å²) in [6, 6.07) is 7.10. The van der Waals surface area contributed by atoms with Crippen molar-refractivity contribution in [2.45, 2.75) is 155 Å². The third kappa shape index (κ3) is 18.0. The maximum Gasteiger partial charge on any atom is 0.326 e. The van der Waals surface area contributed by atoms with E-state index in [0.29, 0.717) is 75.8 Å². The average Bonchev–Trinajstić information content (AvgIpc) is 3.78. The van der Waals surface area contributed by atoms with Gasteiger partial charge in [0.1, 0.15) is 24.3 Å². The van der Waals surface area contributed by atoms with Crippen molar-refractivity contribution in [2.24, 2.45) is 51.3 Å². The number of esters is 2. The molecule has 10 atom stereocenters. The molecule has 4 aliphatic rings. The van der Waals surface area contributed by atoms with Gasteiger partial charge in [0.2, 0.25) is 11.9 Å². The molecule has 5 rings (SSSR count). The number of carboxylic acid groups (broad SMARTS) is 2. The first-order chi connectivity index (χ1) is 32.1. The zero-order chi connectivity index (χ0) is 50.7. The van der Waals surface area contributed by atoms with Crippen molar-refractivity contribution in [3.05, 3.63) is 59.7 Å². The number of nitrogens with one attached hydrogen (secondary N) is 2. The highest BCUT2D eigenvalue weighted by Gasteiger charge is 2.44. The average molecular weight is 953 g/mol. The Morgan fingerprint density at radius 1 is 1.04 bits per heavy atom. The van der Waals surface area contributed by atoms with Crippen LogP contribution in [0.4, 0.5) is 0 Å². The molecule has 1 aromatic carbocycles. The summed E-state index contributed by atoms with van der Waals surface area (Å²) in [5, 5.41) is 39.0. The van der Waals surface area contributed by atoms with Gasteiger partial charge in [-0.25, -0.2) is 4.79 Å². The van der Waals surface area contributed by atoms with Crippen LogP contribution in [-0.2, 0) is 39.9 Å². The lowest BCUT2D eigenvalue weighted by atomic mass is 9.65. The number of hydrogen-bond donors (Lipinski definition) is 8. The first-order valence-corrected chi connectivity index (χ1v) is 24.2. The number of amides is 1. The number of allylic oxidation sites excluding steroid dienone is 3. The number of unbranched alkanes of at least 4 members (excludes halogenated alkanes) is 1. The molecule has 0 spiro atoms. The topological polar surface area (TPSA) is 297 Å². The van der Waals surface area contributed by atoms with Gasteiger partial charge in [-0.3, -0.25) is 29.9 Å². The molecule has 68 heavy (non-hydrogen) atoms. The minimum Gasteiger partial charge on any atom is -0.480 e. The molecule has 2 aliphatic heterocycles. The Labute approximate surface area is 402 Å². The van der Waals surface area contributed by atoms with Crippen molar-refractivity contribution in [1.29, 1.82) is 5.41 Å². The van der Waals surface area contributed by atoms with Gasteiger partial charge in [-0.15, -0.1) is 0 Å². The highest BCUT2D eigenvalue weighted by atomic mass is 16.6. The lowest BCUT2D eigenvalue weighted by Crippen LogP contribution is -2.54. The Morgan fingerprint density at radius 3 is 2.31 bits per heavy atom. The summed E-state index contributed by atoms with van der Waals surface area (Å²) >= 11 is 0. The van der Waals surface area contributed by atoms with Crippen molar-refractivity contribution in [2.75, 3.05) is 27.2 Å². The van der Waals surface area contributed by atoms with Gasteiger partial charge >= 0.3 is 23.9 Å². The molecule has 0 unspecified atom stereocenters. The van der Waals surface area contributed by atoms with Crippen LogP contribution < -0.4 is 22.5 Å². The molecule has 380 valence electrons. The molecule has 2 aliphatic carbocycles. The van der Waals surface area contributed by atoms with E-state index in [1.807, 2.05) is 51.1 Å². The number of aliphatic hydroxyl groups is 1. The molecule has 0 bridgehead atoms. The minimum absolute atomic E-state index is 0.0509. The summed E-state index contributed by atoms with van der Waals surface area (Å²) in [6.07, 6.45) is 13.4. The van der Waals surface area contributed by atoms with Crippen LogP contribution in [0.2, 0.25) is 0 Å². The summed E-state index contributed by atoms with van der Waals surface area (Å²) in [5.41, 5.74) is 17.3. The van der Waals surface area contributed by atoms with Gasteiger partial charge in [-0.2, -0.15) is 4.99 Å². The van der Waals surface area contributed by atoms with Crippen molar-refractivity contribution >= 4 is 41.7 Å². The molecule has 18 heteroatoms. The molecule has 2 saturated heterocycles. The Bertz CT molecular complexity index is 1920. The predicted molar refractivity (Wildman–Crippen MR) is 261 cm³/mol. The standard InChI is InChI=1S/C25H38O5.C21H31N3O5.C4H11N5/c1-6-25(4,5)24(28)30-21-12-15(2)11-17-8-7-16(3)20(23(17)21)10-9-19-13-18(26)14-22(27)29-19;22-13-5-4-9-16(19(25)24-14-6-10-18(24)21(28)29)23-17(20(26)27)12-11-15-7-2-1-3-8-15;1-9(2)4(7)8-3(5)6/h7-8,11,15-16,18-21,23,26H,6,9-10,12-14H2,1-5H3;1-3,7-8,16-18,23H,4-6,9-14,22H2,(H,26,27)(H,28,29);1-2H3,(H5,5,6,7,8)/t15-,16-,18+,19+,20-,21-,23-;16-,17-,18-;/m00./s1. The first kappa shape index (κ1) is 57.0. The number of nitrogens with zero attached hydrogens (tertiary/aromatic N) is 3. The van der Waals surface area contributed by atoms with E-state index in [2.05, 4.69) is 42.4 Å². The lowest BCUT2D eigenvalue weighted by molar-refractivity contribution is -0.166. The molecule has 11 N–H and O–H groups in total. The monoisotopic (exact) mass is 953 g/mol. The Balaban J connectivity index is 0.000000306. The second-order valence-electron chi connectivity index (χ2n) is 19.5. The van der Waals surface area contributed by atoms with Gasteiger partial charge in [-0.05, 0) is 113 Å². The fraction of sp³-hybridized carbons (Fsp3) is 0.660. The molecule has 18 nitrogen and oxygen atoms in total. The third-order valence-electron chi connectivity index (χ3n) is 13.3. The zero-order valence-electron chi connectivity index (χ0n) is 41.3. The summed E-state index contributed by atoms with van der Waals surface area (Å²) in [7, 11) is 3.38. The van der Waals surface area contributed by atoms with E-state index in [1.54, 1.807) is 14.1 Å². The predicted octanol–water partition coefficient (Wildman–Crippen LogP) is 4.58. The van der Waals surface area contributed by atoms with E-state index >= 15 is 0 Å². The van der Waals surface area contributed by atoms with Gasteiger partial charge in [0.25, 0.3) is 0 Å². The molecule has 0 radical (unpaired) electrons. The van der Waals surface area contributed by atoms with E-state index in [0.717, 1.165) is 37.7 Å². The van der Waals surface area contributed by atoms with Gasteiger partial charge in [0, 0.05) is 33.0 Å². The summed E-state index contributed by atoms with van der Waals surface area (Å²) < 4.78 is 11.6. The quantitative estimate of drug-likeness (QED) is 0.0433. The van der Waals surface area contributed by atoms with Crippen LogP contribution in [0.15, 0.2) is 59.1 Å². The number of guanidine groups is 2. The molecule has 0 aromatic heterocycles. The normalized spacial score (nSPS) is 25.0. The molecular formula is C50H80N8O10. The maximum atomic E-state index is 13.1. The molecule has 2 fully saturated rings. The zero-order valence-corrected chi connectivity index (χ0v) is 41.3. The fourth-order valence-electron chi connectivity index (χ4n) is 9.04. The number of nitrogens with two attached hydrogens (primary N) is 3. The second kappa shape index (κ2) is 27.6. The summed E-state index contributed by atoms with van der Waals surface area (Å²) in [5.74, 6) is -1.64. The third-order valence-corrected chi connectivity index (χ3v) is 13.3. The number of carbonyl (C=O) groups excluding carboxylic acids is 3. The highest BCUT2D eigenvalue weighted by molar-refractivity contribution is 5.91. The van der Waals surface area contributed by atoms with Crippen LogP contribution in [0.3, 0.4) is 0 Å². The van der Waals surface area contributed by atoms with Crippen LogP contribution in [-0.4, -0.2) is 130 Å². The van der Waals surface area contributed by atoms with E-state index in [4.69, 9.17) is 32.1 Å². The number of ether oxygens (including phenoxy) is 2. The van der Waals surface area contributed by atoms with Gasteiger partial charge in [0.15, 0.2) is 5.96 Å². The molecule has 2 heterocycles. The van der Waals surface area contributed by atoms with Crippen LogP contribution in [0, 0.1) is 34.5 Å². The number of benzene rings is 1. The molecular weight excluding hydrogens is 873 g/mol. The fourth-order valence-corrected chi connectivity index (χ4v) is 9.04. The maximum absolute atomic E-state index is 13.1. The number of aliphatic imine (C=N–C) groups is 1. The molecule has 1 aromatic rings.